The van der Waals surface area contributed by atoms with Crippen molar-refractivity contribution >= 4 is 11.6 Å². The lowest BCUT2D eigenvalue weighted by Crippen LogP contribution is -2.51. The van der Waals surface area contributed by atoms with Crippen molar-refractivity contribution in [3.63, 3.8) is 0 Å². The van der Waals surface area contributed by atoms with Crippen molar-refractivity contribution in [2.45, 2.75) is 39.3 Å². The Morgan fingerprint density at radius 3 is 2.17 bits per heavy atom. The third-order valence-electron chi connectivity index (χ3n) is 3.10. The minimum Gasteiger partial charge on any atom is -0.473 e. The molecule has 0 aromatic heterocycles. The van der Waals surface area contributed by atoms with Crippen molar-refractivity contribution in [2.24, 2.45) is 0 Å². The molecule has 0 aliphatic carbocycles. The molecule has 0 saturated carbocycles. The van der Waals surface area contributed by atoms with Crippen LogP contribution in [0, 0.1) is 6.92 Å². The zero-order chi connectivity index (χ0) is 13.6. The first-order valence-corrected chi connectivity index (χ1v) is 6.98. The fourth-order valence-corrected chi connectivity index (χ4v) is 2.31. The normalized spacial score (nSPS) is 14.6. The van der Waals surface area contributed by atoms with Gasteiger partial charge < -0.3 is 4.74 Å². The summed E-state index contributed by atoms with van der Waals surface area (Å²) in [5.74, 6) is 0.815. The largest absolute Gasteiger partial charge is 0.473 e. The molecule has 2 nitrogen and oxygen atoms in total. The number of hydrogen-bond acceptors (Lipinski definition) is 2. The highest BCUT2D eigenvalue weighted by molar-refractivity contribution is 6.30. The zero-order valence-corrected chi connectivity index (χ0v) is 12.3. The molecule has 0 spiro atoms. The first kappa shape index (κ1) is 15.3. The van der Waals surface area contributed by atoms with E-state index in [0.717, 1.165) is 36.7 Å². The van der Waals surface area contributed by atoms with Gasteiger partial charge >= 0.3 is 0 Å². The van der Waals surface area contributed by atoms with E-state index in [4.69, 9.17) is 16.3 Å². The fourth-order valence-electron chi connectivity index (χ4n) is 2.19. The summed E-state index contributed by atoms with van der Waals surface area (Å²) in [5, 5.41) is 0.718. The molecule has 0 saturated heterocycles. The molecule has 0 bridgehead atoms. The van der Waals surface area contributed by atoms with Crippen molar-refractivity contribution < 1.29 is 4.74 Å². The van der Waals surface area contributed by atoms with Crippen LogP contribution in [0.4, 0.5) is 0 Å². The number of nitrogens with zero attached hydrogens (tertiary/aromatic N) is 1. The van der Waals surface area contributed by atoms with Gasteiger partial charge in [0.1, 0.15) is 5.75 Å². The molecule has 3 heteroatoms. The third-order valence-corrected chi connectivity index (χ3v) is 3.35. The summed E-state index contributed by atoms with van der Waals surface area (Å²) in [6.45, 7) is 12.5. The summed E-state index contributed by atoms with van der Waals surface area (Å²) in [5.41, 5.74) is -0.494. The Morgan fingerprint density at radius 1 is 1.17 bits per heavy atom. The topological polar surface area (TPSA) is 12.5 Å². The van der Waals surface area contributed by atoms with Crippen LogP contribution in [0.1, 0.15) is 33.6 Å². The molecule has 0 aliphatic rings. The van der Waals surface area contributed by atoms with E-state index in [1.54, 1.807) is 0 Å². The quantitative estimate of drug-likeness (QED) is 0.680. The number of halogens is 1. The van der Waals surface area contributed by atoms with Crippen LogP contribution in [0.15, 0.2) is 24.3 Å². The van der Waals surface area contributed by atoms with Crippen LogP contribution >= 0.6 is 11.6 Å². The minimum absolute atomic E-state index is 0.494. The van der Waals surface area contributed by atoms with Gasteiger partial charge in [-0.05, 0) is 37.4 Å². The molecule has 0 fully saturated rings. The van der Waals surface area contributed by atoms with Crippen LogP contribution in [-0.4, -0.2) is 23.7 Å². The average Bonchev–Trinajstić information content (AvgIpc) is 2.34. The lowest BCUT2D eigenvalue weighted by molar-refractivity contribution is -0.0494. The lowest BCUT2D eigenvalue weighted by atomic mass is 10.1. The smallest absolute Gasteiger partial charge is 0.163 e. The van der Waals surface area contributed by atoms with E-state index in [2.05, 4.69) is 32.6 Å². The molecular weight excluding hydrogens is 246 g/mol. The molecule has 1 atom stereocenters. The highest BCUT2D eigenvalue weighted by atomic mass is 35.5. The van der Waals surface area contributed by atoms with Gasteiger partial charge in [0.2, 0.25) is 0 Å². The summed E-state index contributed by atoms with van der Waals surface area (Å²) < 4.78 is 6.10. The summed E-state index contributed by atoms with van der Waals surface area (Å²) in [7, 11) is 0. The molecule has 0 heterocycles. The maximum Gasteiger partial charge on any atom is 0.163 e. The number of hydrogen-bond donors (Lipinski definition) is 0. The van der Waals surface area contributed by atoms with E-state index < -0.39 is 5.72 Å². The predicted molar refractivity (Wildman–Crippen MR) is 78.0 cm³/mol. The Bertz CT molecular complexity index is 348. The third kappa shape index (κ3) is 3.89. The Labute approximate surface area is 116 Å². The van der Waals surface area contributed by atoms with Crippen LogP contribution in [0.25, 0.3) is 0 Å². The van der Waals surface area contributed by atoms with Crippen molar-refractivity contribution in [3.8, 4) is 5.75 Å². The van der Waals surface area contributed by atoms with E-state index in [1.807, 2.05) is 24.3 Å². The summed E-state index contributed by atoms with van der Waals surface area (Å²) in [4.78, 5) is 2.24. The van der Waals surface area contributed by atoms with Crippen LogP contribution in [0.3, 0.4) is 0 Å². The van der Waals surface area contributed by atoms with E-state index in [-0.39, 0.29) is 0 Å². The van der Waals surface area contributed by atoms with E-state index >= 15 is 0 Å². The van der Waals surface area contributed by atoms with E-state index in [1.165, 1.54) is 0 Å². The molecular formula is C15H23ClNO. The monoisotopic (exact) mass is 268 g/mol. The summed E-state index contributed by atoms with van der Waals surface area (Å²) >= 11 is 5.88. The molecule has 1 aromatic rings. The number of ether oxygens (including phenoxy) is 1. The SMILES string of the molecule is [CH2]C(CCC)(Oc1ccc(Cl)cc1)N(CC)CC. The highest BCUT2D eigenvalue weighted by Gasteiger charge is 2.31. The van der Waals surface area contributed by atoms with Crippen LogP contribution < -0.4 is 4.74 Å². The Kier molecular flexibility index (Phi) is 5.97. The van der Waals surface area contributed by atoms with Gasteiger partial charge in [-0.15, -0.1) is 0 Å². The predicted octanol–water partition coefficient (Wildman–Crippen LogP) is 4.39. The van der Waals surface area contributed by atoms with Crippen LogP contribution in [0.5, 0.6) is 5.75 Å². The molecule has 1 unspecified atom stereocenters. The van der Waals surface area contributed by atoms with Gasteiger partial charge in [0, 0.05) is 18.4 Å². The standard InChI is InChI=1S/C15H23ClNO/c1-5-12-15(4,17(6-2)7-3)18-14-10-8-13(16)9-11-14/h8-11H,4-7,12H2,1-3H3. The van der Waals surface area contributed by atoms with Crippen molar-refractivity contribution in [1.82, 2.24) is 4.90 Å². The maximum absolute atomic E-state index is 6.10. The second-order valence-electron chi connectivity index (χ2n) is 4.42. The van der Waals surface area contributed by atoms with Gasteiger partial charge in [-0.25, -0.2) is 0 Å². The molecule has 101 valence electrons. The first-order valence-electron chi connectivity index (χ1n) is 6.60. The zero-order valence-electron chi connectivity index (χ0n) is 11.6. The minimum atomic E-state index is -0.494. The summed E-state index contributed by atoms with van der Waals surface area (Å²) in [6.07, 6.45) is 1.94. The van der Waals surface area contributed by atoms with E-state index in [0.29, 0.717) is 0 Å². The molecule has 1 radical (unpaired) electrons. The van der Waals surface area contributed by atoms with Crippen molar-refractivity contribution in [3.05, 3.63) is 36.2 Å². The Balaban J connectivity index is 2.87. The number of rotatable bonds is 7. The molecule has 1 aromatic carbocycles. The molecule has 0 amide bonds. The average molecular weight is 269 g/mol. The lowest BCUT2D eigenvalue weighted by Gasteiger charge is -2.40. The van der Waals surface area contributed by atoms with Gasteiger partial charge in [0.05, 0.1) is 0 Å². The van der Waals surface area contributed by atoms with Gasteiger partial charge in [0.25, 0.3) is 0 Å². The Morgan fingerprint density at radius 2 is 1.72 bits per heavy atom. The Hall–Kier alpha value is -0.730. The second-order valence-corrected chi connectivity index (χ2v) is 4.86. The molecule has 0 aliphatic heterocycles. The summed E-state index contributed by atoms with van der Waals surface area (Å²) in [6, 6.07) is 7.46. The van der Waals surface area contributed by atoms with Crippen molar-refractivity contribution in [2.75, 3.05) is 13.1 Å². The molecule has 0 N–H and O–H groups in total. The molecule has 1 rings (SSSR count). The van der Waals surface area contributed by atoms with Gasteiger partial charge in [-0.2, -0.15) is 0 Å². The van der Waals surface area contributed by atoms with Gasteiger partial charge in [-0.3, -0.25) is 4.90 Å². The molecule has 18 heavy (non-hydrogen) atoms. The first-order chi connectivity index (χ1) is 8.55. The highest BCUT2D eigenvalue weighted by Crippen LogP contribution is 2.26. The van der Waals surface area contributed by atoms with Gasteiger partial charge in [-0.1, -0.05) is 38.8 Å². The van der Waals surface area contributed by atoms with Crippen LogP contribution in [0.2, 0.25) is 5.02 Å². The maximum atomic E-state index is 6.10. The van der Waals surface area contributed by atoms with Gasteiger partial charge in [0.15, 0.2) is 5.72 Å². The van der Waals surface area contributed by atoms with Crippen LogP contribution in [-0.2, 0) is 0 Å². The fraction of sp³-hybridized carbons (Fsp3) is 0.533. The van der Waals surface area contributed by atoms with E-state index in [9.17, 15) is 0 Å². The van der Waals surface area contributed by atoms with Crippen molar-refractivity contribution in [1.29, 1.82) is 0 Å². The second kappa shape index (κ2) is 7.01. The number of benzene rings is 1.